The molecule has 1 atom stereocenters. The zero-order valence-corrected chi connectivity index (χ0v) is 17.7. The molecule has 31 heavy (non-hydrogen) atoms. The second kappa shape index (κ2) is 8.24. The summed E-state index contributed by atoms with van der Waals surface area (Å²) in [7, 11) is 0. The lowest BCUT2D eigenvalue weighted by Crippen LogP contribution is -2.36. The zero-order valence-electron chi connectivity index (χ0n) is 16.9. The van der Waals surface area contributed by atoms with Gasteiger partial charge in [-0.25, -0.2) is 0 Å². The Hall–Kier alpha value is -3.03. The van der Waals surface area contributed by atoms with Gasteiger partial charge >= 0.3 is 0 Å². The molecule has 1 saturated heterocycles. The molecule has 1 N–H and O–H groups in total. The molecule has 2 aliphatic heterocycles. The van der Waals surface area contributed by atoms with E-state index in [1.807, 2.05) is 12.1 Å². The summed E-state index contributed by atoms with van der Waals surface area (Å²) < 4.78 is 6.80. The smallest absolute Gasteiger partial charge is 0.261 e. The van der Waals surface area contributed by atoms with Crippen molar-refractivity contribution in [3.8, 4) is 0 Å². The number of nitrogens with zero attached hydrogens (tertiary/aromatic N) is 1. The molecule has 1 fully saturated rings. The predicted octanol–water partition coefficient (Wildman–Crippen LogP) is 3.65. The molecule has 0 bridgehead atoms. The Balaban J connectivity index is 1.24. The molecule has 1 unspecified atom stereocenters. The topological polar surface area (TPSA) is 75.7 Å². The average molecular weight is 435 g/mol. The summed E-state index contributed by atoms with van der Waals surface area (Å²) in [5.41, 5.74) is 2.23. The van der Waals surface area contributed by atoms with Crippen molar-refractivity contribution in [2.75, 3.05) is 19.7 Å². The SMILES string of the molecule is O=C(NCCc1csc2ccccc12)c1ccc2c(c1)C(=O)N(CC1CCCO1)C2=O. The Morgan fingerprint density at radius 2 is 1.97 bits per heavy atom. The molecule has 3 amide bonds. The third-order valence-electron chi connectivity index (χ3n) is 5.88. The molecule has 0 radical (unpaired) electrons. The van der Waals surface area contributed by atoms with Crippen LogP contribution in [0.3, 0.4) is 0 Å². The van der Waals surface area contributed by atoms with Gasteiger partial charge in [0.25, 0.3) is 17.7 Å². The second-order valence-electron chi connectivity index (χ2n) is 7.88. The average Bonchev–Trinajstić information content (AvgIpc) is 3.50. The van der Waals surface area contributed by atoms with Crippen LogP contribution >= 0.6 is 11.3 Å². The summed E-state index contributed by atoms with van der Waals surface area (Å²) in [5, 5.41) is 6.27. The van der Waals surface area contributed by atoms with E-state index in [9.17, 15) is 14.4 Å². The van der Waals surface area contributed by atoms with E-state index < -0.39 is 0 Å². The second-order valence-corrected chi connectivity index (χ2v) is 8.79. The minimum absolute atomic E-state index is 0.0989. The zero-order chi connectivity index (χ0) is 21.4. The van der Waals surface area contributed by atoms with Crippen LogP contribution in [0.2, 0.25) is 0 Å². The van der Waals surface area contributed by atoms with Gasteiger partial charge in [0.1, 0.15) is 0 Å². The van der Waals surface area contributed by atoms with Crippen LogP contribution in [0, 0.1) is 0 Å². The van der Waals surface area contributed by atoms with E-state index in [1.54, 1.807) is 23.5 Å². The van der Waals surface area contributed by atoms with Crippen molar-refractivity contribution in [3.05, 3.63) is 70.1 Å². The van der Waals surface area contributed by atoms with Crippen LogP contribution in [0.4, 0.5) is 0 Å². The van der Waals surface area contributed by atoms with E-state index in [4.69, 9.17) is 4.74 Å². The van der Waals surface area contributed by atoms with Gasteiger partial charge in [-0.3, -0.25) is 19.3 Å². The van der Waals surface area contributed by atoms with Gasteiger partial charge in [0.15, 0.2) is 0 Å². The number of rotatable bonds is 6. The number of hydrogen-bond donors (Lipinski definition) is 1. The fraction of sp³-hybridized carbons (Fsp3) is 0.292. The Labute approximate surface area is 183 Å². The molecule has 3 heterocycles. The van der Waals surface area contributed by atoms with Crippen molar-refractivity contribution >= 4 is 39.1 Å². The predicted molar refractivity (Wildman–Crippen MR) is 119 cm³/mol. The molecule has 2 aliphatic rings. The highest BCUT2D eigenvalue weighted by atomic mass is 32.1. The fourth-order valence-corrected chi connectivity index (χ4v) is 5.23. The van der Waals surface area contributed by atoms with Gasteiger partial charge < -0.3 is 10.1 Å². The molecule has 158 valence electrons. The first-order chi connectivity index (χ1) is 15.1. The minimum Gasteiger partial charge on any atom is -0.376 e. The highest BCUT2D eigenvalue weighted by molar-refractivity contribution is 7.17. The normalized spacial score (nSPS) is 18.1. The third kappa shape index (κ3) is 3.75. The highest BCUT2D eigenvalue weighted by Gasteiger charge is 2.37. The van der Waals surface area contributed by atoms with Crippen molar-refractivity contribution in [1.29, 1.82) is 0 Å². The van der Waals surface area contributed by atoms with E-state index >= 15 is 0 Å². The van der Waals surface area contributed by atoms with Crippen molar-refractivity contribution in [2.24, 2.45) is 0 Å². The molecule has 3 aromatic rings. The van der Waals surface area contributed by atoms with Crippen molar-refractivity contribution in [2.45, 2.75) is 25.4 Å². The van der Waals surface area contributed by atoms with E-state index in [0.717, 1.165) is 19.3 Å². The number of ether oxygens (including phenoxy) is 1. The molecule has 0 spiro atoms. The number of carbonyl (C=O) groups excluding carboxylic acids is 3. The highest BCUT2D eigenvalue weighted by Crippen LogP contribution is 2.27. The number of nitrogens with one attached hydrogen (secondary N) is 1. The molecule has 7 heteroatoms. The van der Waals surface area contributed by atoms with E-state index in [-0.39, 0.29) is 30.4 Å². The largest absolute Gasteiger partial charge is 0.376 e. The Kier molecular flexibility index (Phi) is 5.29. The maximum absolute atomic E-state index is 12.8. The fourth-order valence-electron chi connectivity index (χ4n) is 4.23. The summed E-state index contributed by atoms with van der Waals surface area (Å²) in [4.78, 5) is 39.3. The number of amides is 3. The first-order valence-electron chi connectivity index (χ1n) is 10.5. The van der Waals surface area contributed by atoms with Gasteiger partial charge in [-0.1, -0.05) is 18.2 Å². The monoisotopic (exact) mass is 434 g/mol. The van der Waals surface area contributed by atoms with Gasteiger partial charge in [-0.15, -0.1) is 11.3 Å². The molecule has 6 nitrogen and oxygen atoms in total. The van der Waals surface area contributed by atoms with Gasteiger partial charge in [0.05, 0.1) is 23.8 Å². The Bertz CT molecular complexity index is 1180. The van der Waals surface area contributed by atoms with Crippen LogP contribution in [0.5, 0.6) is 0 Å². The lowest BCUT2D eigenvalue weighted by molar-refractivity contribution is 0.0475. The number of benzene rings is 2. The number of carbonyl (C=O) groups is 3. The number of fused-ring (bicyclic) bond motifs is 2. The molecule has 1 aromatic heterocycles. The first-order valence-corrected chi connectivity index (χ1v) is 11.3. The summed E-state index contributed by atoms with van der Waals surface area (Å²) in [5.74, 6) is -0.915. The van der Waals surface area contributed by atoms with Crippen molar-refractivity contribution in [3.63, 3.8) is 0 Å². The maximum atomic E-state index is 12.8. The van der Waals surface area contributed by atoms with Crippen LogP contribution in [0.25, 0.3) is 10.1 Å². The number of thiophene rings is 1. The van der Waals surface area contributed by atoms with Crippen LogP contribution in [-0.2, 0) is 11.2 Å². The number of imide groups is 1. The van der Waals surface area contributed by atoms with E-state index in [2.05, 4.69) is 22.8 Å². The van der Waals surface area contributed by atoms with Crippen LogP contribution < -0.4 is 5.32 Å². The quantitative estimate of drug-likeness (QED) is 0.601. The molecule has 0 saturated carbocycles. The lowest BCUT2D eigenvalue weighted by atomic mass is 10.1. The minimum atomic E-state index is -0.352. The summed E-state index contributed by atoms with van der Waals surface area (Å²) in [6.45, 7) is 1.43. The van der Waals surface area contributed by atoms with Crippen LogP contribution in [0.15, 0.2) is 47.8 Å². The van der Waals surface area contributed by atoms with Crippen LogP contribution in [-0.4, -0.2) is 48.4 Å². The van der Waals surface area contributed by atoms with E-state index in [0.29, 0.717) is 29.8 Å². The summed E-state index contributed by atoms with van der Waals surface area (Å²) in [6, 6.07) is 12.9. The van der Waals surface area contributed by atoms with Gasteiger partial charge in [0, 0.05) is 23.4 Å². The Morgan fingerprint density at radius 3 is 2.81 bits per heavy atom. The first kappa shape index (κ1) is 19.9. The molecular formula is C24H22N2O4S. The molecule has 0 aliphatic carbocycles. The van der Waals surface area contributed by atoms with E-state index in [1.165, 1.54) is 26.6 Å². The maximum Gasteiger partial charge on any atom is 0.261 e. The standard InChI is InChI=1S/C24H22N2O4S/c27-22(25-10-9-16-14-31-21-6-2-1-5-18(16)21)15-7-8-19-20(12-15)24(29)26(23(19)28)13-17-4-3-11-30-17/h1-2,5-8,12,14,17H,3-4,9-11,13H2,(H,25,27). The van der Waals surface area contributed by atoms with Crippen molar-refractivity contribution in [1.82, 2.24) is 10.2 Å². The molecular weight excluding hydrogens is 412 g/mol. The van der Waals surface area contributed by atoms with Gasteiger partial charge in [-0.05, 0) is 59.9 Å². The lowest BCUT2D eigenvalue weighted by Gasteiger charge is -2.17. The summed E-state index contributed by atoms with van der Waals surface area (Å²) >= 11 is 1.70. The third-order valence-corrected chi connectivity index (χ3v) is 6.90. The number of hydrogen-bond acceptors (Lipinski definition) is 5. The van der Waals surface area contributed by atoms with Gasteiger partial charge in [-0.2, -0.15) is 0 Å². The summed E-state index contributed by atoms with van der Waals surface area (Å²) in [6.07, 6.45) is 2.42. The Morgan fingerprint density at radius 1 is 1.13 bits per heavy atom. The molecule has 5 rings (SSSR count). The van der Waals surface area contributed by atoms with Crippen molar-refractivity contribution < 1.29 is 19.1 Å². The van der Waals surface area contributed by atoms with Crippen LogP contribution in [0.1, 0.15) is 49.5 Å². The van der Waals surface area contributed by atoms with Gasteiger partial charge in [0.2, 0.25) is 0 Å². The molecule has 2 aromatic carbocycles.